The van der Waals surface area contributed by atoms with Gasteiger partial charge in [-0.15, -0.1) is 0 Å². The van der Waals surface area contributed by atoms with E-state index in [4.69, 9.17) is 14.2 Å². The van der Waals surface area contributed by atoms with Gasteiger partial charge in [0.05, 0.1) is 13.0 Å². The molecule has 6 heteroatoms. The predicted octanol–water partition coefficient (Wildman–Crippen LogP) is 3.50. The molecule has 1 aromatic rings. The van der Waals surface area contributed by atoms with Crippen LogP contribution in [0.1, 0.15) is 51.5 Å². The average Bonchev–Trinajstić information content (AvgIpc) is 3.01. The number of esters is 1. The summed E-state index contributed by atoms with van der Waals surface area (Å²) < 4.78 is 16.5. The van der Waals surface area contributed by atoms with Gasteiger partial charge in [-0.3, -0.25) is 4.79 Å². The van der Waals surface area contributed by atoms with Crippen molar-refractivity contribution in [3.8, 4) is 5.75 Å². The Morgan fingerprint density at radius 1 is 1.15 bits per heavy atom. The molecule has 1 unspecified atom stereocenters. The van der Waals surface area contributed by atoms with Gasteiger partial charge in [0.2, 0.25) is 0 Å². The lowest BCUT2D eigenvalue weighted by atomic mass is 9.98. The number of nitrogens with zero attached hydrogens (tertiary/aromatic N) is 1. The SMILES string of the molecule is CC(C)(C)OC(=O)N1CCC(Oc2ccc(C3COC(=O)C3)cc2)CC1. The van der Waals surface area contributed by atoms with Crippen molar-refractivity contribution in [1.82, 2.24) is 4.90 Å². The van der Waals surface area contributed by atoms with Gasteiger partial charge >= 0.3 is 12.1 Å². The Morgan fingerprint density at radius 3 is 2.35 bits per heavy atom. The molecule has 2 aliphatic rings. The zero-order valence-corrected chi connectivity index (χ0v) is 15.7. The van der Waals surface area contributed by atoms with Crippen LogP contribution in [0.4, 0.5) is 4.79 Å². The minimum absolute atomic E-state index is 0.0935. The molecule has 1 amide bonds. The molecular formula is C20H27NO5. The highest BCUT2D eigenvalue weighted by atomic mass is 16.6. The molecule has 0 aromatic heterocycles. The smallest absolute Gasteiger partial charge is 0.410 e. The van der Waals surface area contributed by atoms with E-state index in [-0.39, 0.29) is 24.1 Å². The van der Waals surface area contributed by atoms with Crippen LogP contribution in [0.25, 0.3) is 0 Å². The zero-order valence-electron chi connectivity index (χ0n) is 15.7. The van der Waals surface area contributed by atoms with Gasteiger partial charge in [-0.1, -0.05) is 12.1 Å². The minimum Gasteiger partial charge on any atom is -0.490 e. The third-order valence-electron chi connectivity index (χ3n) is 4.61. The highest BCUT2D eigenvalue weighted by Gasteiger charge is 2.28. The summed E-state index contributed by atoms with van der Waals surface area (Å²) >= 11 is 0. The zero-order chi connectivity index (χ0) is 18.7. The number of rotatable bonds is 3. The van der Waals surface area contributed by atoms with Crippen molar-refractivity contribution >= 4 is 12.1 Å². The van der Waals surface area contributed by atoms with E-state index in [2.05, 4.69) is 0 Å². The standard InChI is InChI=1S/C20H27NO5/c1-20(2,3)26-19(23)21-10-8-17(9-11-21)25-16-6-4-14(5-7-16)15-12-18(22)24-13-15/h4-7,15,17H,8-13H2,1-3H3. The molecule has 142 valence electrons. The first-order chi connectivity index (χ1) is 12.3. The van der Waals surface area contributed by atoms with Crippen LogP contribution in [0.3, 0.4) is 0 Å². The van der Waals surface area contributed by atoms with Crippen molar-refractivity contribution in [2.45, 2.75) is 57.7 Å². The van der Waals surface area contributed by atoms with E-state index in [0.29, 0.717) is 26.1 Å². The molecule has 0 spiro atoms. The van der Waals surface area contributed by atoms with E-state index in [9.17, 15) is 9.59 Å². The number of likely N-dealkylation sites (tertiary alicyclic amines) is 1. The molecule has 0 N–H and O–H groups in total. The molecule has 3 rings (SSSR count). The number of ether oxygens (including phenoxy) is 3. The Bertz CT molecular complexity index is 641. The number of cyclic esters (lactones) is 1. The largest absolute Gasteiger partial charge is 0.490 e. The lowest BCUT2D eigenvalue weighted by Gasteiger charge is -2.33. The van der Waals surface area contributed by atoms with Crippen molar-refractivity contribution in [3.05, 3.63) is 29.8 Å². The minimum atomic E-state index is -0.471. The monoisotopic (exact) mass is 361 g/mol. The molecule has 0 aliphatic carbocycles. The van der Waals surface area contributed by atoms with E-state index >= 15 is 0 Å². The van der Waals surface area contributed by atoms with Gasteiger partial charge in [0.15, 0.2) is 0 Å². The molecule has 2 heterocycles. The molecule has 0 radical (unpaired) electrons. The highest BCUT2D eigenvalue weighted by Crippen LogP contribution is 2.28. The van der Waals surface area contributed by atoms with Crippen molar-refractivity contribution < 1.29 is 23.8 Å². The maximum absolute atomic E-state index is 12.1. The Balaban J connectivity index is 1.47. The predicted molar refractivity (Wildman–Crippen MR) is 96.2 cm³/mol. The van der Waals surface area contributed by atoms with Crippen LogP contribution < -0.4 is 4.74 Å². The number of hydrogen-bond acceptors (Lipinski definition) is 5. The number of benzene rings is 1. The summed E-state index contributed by atoms with van der Waals surface area (Å²) in [6.07, 6.45) is 1.85. The van der Waals surface area contributed by atoms with Gasteiger partial charge in [0.25, 0.3) is 0 Å². The van der Waals surface area contributed by atoms with Gasteiger partial charge < -0.3 is 19.1 Å². The molecular weight excluding hydrogens is 334 g/mol. The fourth-order valence-corrected chi connectivity index (χ4v) is 3.22. The Hall–Kier alpha value is -2.24. The molecule has 2 fully saturated rings. The Labute approximate surface area is 154 Å². The van der Waals surface area contributed by atoms with Crippen LogP contribution in [0.5, 0.6) is 5.75 Å². The summed E-state index contributed by atoms with van der Waals surface area (Å²) in [7, 11) is 0. The number of piperidine rings is 1. The summed E-state index contributed by atoms with van der Waals surface area (Å²) in [5, 5.41) is 0. The van der Waals surface area contributed by atoms with Crippen molar-refractivity contribution in [3.63, 3.8) is 0 Å². The summed E-state index contributed by atoms with van der Waals surface area (Å²) in [6.45, 7) is 7.36. The first kappa shape index (κ1) is 18.5. The summed E-state index contributed by atoms with van der Waals surface area (Å²) in [5.74, 6) is 0.829. The maximum Gasteiger partial charge on any atom is 0.410 e. The second-order valence-electron chi connectivity index (χ2n) is 7.94. The van der Waals surface area contributed by atoms with Gasteiger partial charge in [0, 0.05) is 31.8 Å². The van der Waals surface area contributed by atoms with Crippen molar-refractivity contribution in [2.24, 2.45) is 0 Å². The average molecular weight is 361 g/mol. The van der Waals surface area contributed by atoms with Crippen LogP contribution in [0, 0.1) is 0 Å². The normalized spacial score (nSPS) is 21.4. The molecule has 1 atom stereocenters. The summed E-state index contributed by atoms with van der Waals surface area (Å²) in [5.41, 5.74) is 0.629. The summed E-state index contributed by atoms with van der Waals surface area (Å²) in [6, 6.07) is 7.88. The third kappa shape index (κ3) is 4.90. The van der Waals surface area contributed by atoms with E-state index in [1.165, 1.54) is 0 Å². The molecule has 1 aromatic carbocycles. The highest BCUT2D eigenvalue weighted by molar-refractivity contribution is 5.72. The van der Waals surface area contributed by atoms with Crippen LogP contribution in [-0.2, 0) is 14.3 Å². The van der Waals surface area contributed by atoms with Crippen LogP contribution >= 0.6 is 0 Å². The molecule has 6 nitrogen and oxygen atoms in total. The lowest BCUT2D eigenvalue weighted by molar-refractivity contribution is -0.137. The van der Waals surface area contributed by atoms with Gasteiger partial charge in [-0.25, -0.2) is 4.79 Å². The Morgan fingerprint density at radius 2 is 1.81 bits per heavy atom. The summed E-state index contributed by atoms with van der Waals surface area (Å²) in [4.78, 5) is 25.1. The van der Waals surface area contributed by atoms with Crippen LogP contribution in [-0.4, -0.2) is 48.4 Å². The maximum atomic E-state index is 12.1. The first-order valence-corrected chi connectivity index (χ1v) is 9.20. The molecule has 0 bridgehead atoms. The fraction of sp³-hybridized carbons (Fsp3) is 0.600. The van der Waals surface area contributed by atoms with E-state index < -0.39 is 5.60 Å². The van der Waals surface area contributed by atoms with Crippen LogP contribution in [0.15, 0.2) is 24.3 Å². The number of carbonyl (C=O) groups is 2. The van der Waals surface area contributed by atoms with Gasteiger partial charge in [-0.2, -0.15) is 0 Å². The van der Waals surface area contributed by atoms with Gasteiger partial charge in [0.1, 0.15) is 17.5 Å². The quantitative estimate of drug-likeness (QED) is 0.771. The molecule has 0 saturated carbocycles. The third-order valence-corrected chi connectivity index (χ3v) is 4.61. The molecule has 2 saturated heterocycles. The van der Waals surface area contributed by atoms with Crippen molar-refractivity contribution in [2.75, 3.05) is 19.7 Å². The second kappa shape index (κ2) is 7.56. The van der Waals surface area contributed by atoms with E-state index in [1.54, 1.807) is 4.90 Å². The molecule has 26 heavy (non-hydrogen) atoms. The van der Waals surface area contributed by atoms with Crippen LogP contribution in [0.2, 0.25) is 0 Å². The molecule has 2 aliphatic heterocycles. The van der Waals surface area contributed by atoms with E-state index in [1.807, 2.05) is 45.0 Å². The second-order valence-corrected chi connectivity index (χ2v) is 7.94. The van der Waals surface area contributed by atoms with Gasteiger partial charge in [-0.05, 0) is 38.5 Å². The topological polar surface area (TPSA) is 65.1 Å². The number of carbonyl (C=O) groups excluding carboxylic acids is 2. The number of hydrogen-bond donors (Lipinski definition) is 0. The first-order valence-electron chi connectivity index (χ1n) is 9.20. The van der Waals surface area contributed by atoms with Crippen molar-refractivity contribution in [1.29, 1.82) is 0 Å². The lowest BCUT2D eigenvalue weighted by Crippen LogP contribution is -2.44. The number of amides is 1. The van der Waals surface area contributed by atoms with E-state index in [0.717, 1.165) is 24.2 Å². The fourth-order valence-electron chi connectivity index (χ4n) is 3.22. The Kier molecular flexibility index (Phi) is 5.39.